The Balaban J connectivity index is 3.38. The van der Waals surface area contributed by atoms with Gasteiger partial charge in [-0.05, 0) is 25.7 Å². The van der Waals surface area contributed by atoms with Gasteiger partial charge >= 0.3 is 0 Å². The van der Waals surface area contributed by atoms with E-state index < -0.39 is 15.4 Å². The molecule has 164 valence electrons. The lowest BCUT2D eigenvalue weighted by Crippen LogP contribution is -2.19. The lowest BCUT2D eigenvalue weighted by atomic mass is 10.0. The highest BCUT2D eigenvalue weighted by Gasteiger charge is 2.20. The Labute approximate surface area is 169 Å². The van der Waals surface area contributed by atoms with E-state index in [9.17, 15) is 13.5 Å². The van der Waals surface area contributed by atoms with E-state index in [0.29, 0.717) is 12.8 Å². The first-order valence-corrected chi connectivity index (χ1v) is 13.1. The first kappa shape index (κ1) is 26.9. The molecule has 0 heterocycles. The maximum Gasteiger partial charge on any atom is 0.267 e. The van der Waals surface area contributed by atoms with Crippen LogP contribution in [0.3, 0.4) is 0 Å². The summed E-state index contributed by atoms with van der Waals surface area (Å²) >= 11 is 0. The number of aliphatic hydroxyl groups excluding tert-OH is 1. The SMILES string of the molecule is CCCCCCCCCCCCCCC(O)CCCCC(CC)S(=O)(=O)O. The third-order valence-electron chi connectivity index (χ3n) is 5.58. The topological polar surface area (TPSA) is 74.6 Å². The molecule has 0 saturated carbocycles. The second-order valence-electron chi connectivity index (χ2n) is 8.16. The van der Waals surface area contributed by atoms with Gasteiger partial charge in [0.05, 0.1) is 11.4 Å². The van der Waals surface area contributed by atoms with Crippen LogP contribution in [0.5, 0.6) is 0 Å². The van der Waals surface area contributed by atoms with Crippen LogP contribution in [-0.2, 0) is 10.1 Å². The second-order valence-corrected chi connectivity index (χ2v) is 9.86. The minimum Gasteiger partial charge on any atom is -0.393 e. The van der Waals surface area contributed by atoms with E-state index in [0.717, 1.165) is 32.1 Å². The van der Waals surface area contributed by atoms with Crippen LogP contribution in [0, 0.1) is 0 Å². The molecule has 0 aromatic heterocycles. The molecule has 2 N–H and O–H groups in total. The van der Waals surface area contributed by atoms with E-state index in [2.05, 4.69) is 6.92 Å². The van der Waals surface area contributed by atoms with Crippen molar-refractivity contribution < 1.29 is 18.1 Å². The van der Waals surface area contributed by atoms with Crippen molar-refractivity contribution in [2.75, 3.05) is 0 Å². The van der Waals surface area contributed by atoms with Crippen LogP contribution in [0.25, 0.3) is 0 Å². The molecule has 27 heavy (non-hydrogen) atoms. The number of rotatable bonds is 20. The summed E-state index contributed by atoms with van der Waals surface area (Å²) in [5, 5.41) is 9.38. The first-order valence-electron chi connectivity index (χ1n) is 11.6. The first-order chi connectivity index (χ1) is 12.9. The molecule has 0 saturated heterocycles. The molecule has 0 aliphatic carbocycles. The zero-order valence-corrected chi connectivity index (χ0v) is 18.8. The van der Waals surface area contributed by atoms with Crippen molar-refractivity contribution >= 4 is 10.1 Å². The molecule has 2 unspecified atom stereocenters. The van der Waals surface area contributed by atoms with Crippen molar-refractivity contribution in [3.05, 3.63) is 0 Å². The Hall–Kier alpha value is -0.130. The van der Waals surface area contributed by atoms with Crippen molar-refractivity contribution in [3.8, 4) is 0 Å². The Bertz CT molecular complexity index is 409. The fourth-order valence-corrected chi connectivity index (χ4v) is 4.57. The van der Waals surface area contributed by atoms with Gasteiger partial charge in [-0.3, -0.25) is 4.55 Å². The van der Waals surface area contributed by atoms with Crippen LogP contribution in [0.15, 0.2) is 0 Å². The van der Waals surface area contributed by atoms with Crippen LogP contribution < -0.4 is 0 Å². The van der Waals surface area contributed by atoms with Crippen molar-refractivity contribution in [3.63, 3.8) is 0 Å². The van der Waals surface area contributed by atoms with E-state index in [1.54, 1.807) is 6.92 Å². The van der Waals surface area contributed by atoms with Gasteiger partial charge < -0.3 is 5.11 Å². The van der Waals surface area contributed by atoms with Gasteiger partial charge in [0.15, 0.2) is 0 Å². The Kier molecular flexibility index (Phi) is 17.8. The average Bonchev–Trinajstić information content (AvgIpc) is 2.61. The quantitative estimate of drug-likeness (QED) is 0.175. The lowest BCUT2D eigenvalue weighted by molar-refractivity contribution is 0.147. The standard InChI is InChI=1S/C22H46O4S/c1-3-5-6-7-8-9-10-11-12-13-14-15-18-21(23)19-16-17-20-22(4-2)27(24,25)26/h21-23H,3-20H2,1-2H3,(H,24,25,26). The molecule has 0 aliphatic heterocycles. The number of unbranched alkanes of at least 4 members (excludes halogenated alkanes) is 12. The van der Waals surface area contributed by atoms with E-state index in [4.69, 9.17) is 4.55 Å². The summed E-state index contributed by atoms with van der Waals surface area (Å²) in [5.74, 6) is 0. The molecule has 0 radical (unpaired) electrons. The number of hydrogen-bond acceptors (Lipinski definition) is 3. The van der Waals surface area contributed by atoms with Crippen molar-refractivity contribution in [2.45, 2.75) is 141 Å². The highest BCUT2D eigenvalue weighted by atomic mass is 32.2. The summed E-state index contributed by atoms with van der Waals surface area (Å²) in [6.45, 7) is 4.04. The minimum atomic E-state index is -3.91. The van der Waals surface area contributed by atoms with Gasteiger partial charge in [-0.25, -0.2) is 0 Å². The average molecular weight is 407 g/mol. The molecule has 0 aromatic carbocycles. The highest BCUT2D eigenvalue weighted by molar-refractivity contribution is 7.86. The summed E-state index contributed by atoms with van der Waals surface area (Å²) in [6.07, 6.45) is 19.7. The molecular formula is C22H46O4S. The van der Waals surface area contributed by atoms with Crippen LogP contribution in [0.1, 0.15) is 129 Å². The normalized spacial score (nSPS) is 14.4. The lowest BCUT2D eigenvalue weighted by Gasteiger charge is -2.13. The Morgan fingerprint density at radius 3 is 1.41 bits per heavy atom. The monoisotopic (exact) mass is 406 g/mol. The van der Waals surface area contributed by atoms with Crippen LogP contribution in [-0.4, -0.2) is 29.4 Å². The van der Waals surface area contributed by atoms with Crippen molar-refractivity contribution in [1.82, 2.24) is 0 Å². The predicted octanol–water partition coefficient (Wildman–Crippen LogP) is 6.67. The molecule has 0 rings (SSSR count). The molecule has 2 atom stereocenters. The number of hydrogen-bond donors (Lipinski definition) is 2. The van der Waals surface area contributed by atoms with Crippen molar-refractivity contribution in [1.29, 1.82) is 0 Å². The molecule has 0 aliphatic rings. The smallest absolute Gasteiger partial charge is 0.267 e. The zero-order valence-electron chi connectivity index (χ0n) is 18.0. The highest BCUT2D eigenvalue weighted by Crippen LogP contribution is 2.17. The number of aliphatic hydroxyl groups is 1. The maximum absolute atomic E-state index is 11.1. The van der Waals surface area contributed by atoms with Crippen LogP contribution >= 0.6 is 0 Å². The zero-order chi connectivity index (χ0) is 20.4. The van der Waals surface area contributed by atoms with Crippen LogP contribution in [0.4, 0.5) is 0 Å². The van der Waals surface area contributed by atoms with Gasteiger partial charge in [0.1, 0.15) is 0 Å². The van der Waals surface area contributed by atoms with E-state index in [1.165, 1.54) is 70.6 Å². The fraction of sp³-hybridized carbons (Fsp3) is 1.00. The summed E-state index contributed by atoms with van der Waals surface area (Å²) in [4.78, 5) is 0. The summed E-state index contributed by atoms with van der Waals surface area (Å²) in [6, 6.07) is 0. The van der Waals surface area contributed by atoms with E-state index >= 15 is 0 Å². The van der Waals surface area contributed by atoms with Gasteiger partial charge in [0.25, 0.3) is 10.1 Å². The molecule has 0 fully saturated rings. The molecule has 0 spiro atoms. The Morgan fingerprint density at radius 2 is 1.00 bits per heavy atom. The molecule has 5 heteroatoms. The third kappa shape index (κ3) is 17.7. The third-order valence-corrected chi connectivity index (χ3v) is 6.99. The fourth-order valence-electron chi connectivity index (χ4n) is 3.68. The van der Waals surface area contributed by atoms with Gasteiger partial charge in [0.2, 0.25) is 0 Å². The maximum atomic E-state index is 11.1. The summed E-state index contributed by atoms with van der Waals surface area (Å²) in [5.41, 5.74) is 0. The van der Waals surface area contributed by atoms with E-state index in [1.807, 2.05) is 0 Å². The van der Waals surface area contributed by atoms with Gasteiger partial charge in [0, 0.05) is 0 Å². The molecule has 4 nitrogen and oxygen atoms in total. The molecule has 0 aromatic rings. The van der Waals surface area contributed by atoms with Gasteiger partial charge in [-0.15, -0.1) is 0 Å². The van der Waals surface area contributed by atoms with E-state index in [-0.39, 0.29) is 6.10 Å². The molecule has 0 bridgehead atoms. The van der Waals surface area contributed by atoms with Gasteiger partial charge in [-0.1, -0.05) is 104 Å². The van der Waals surface area contributed by atoms with Gasteiger partial charge in [-0.2, -0.15) is 8.42 Å². The Morgan fingerprint density at radius 1 is 0.630 bits per heavy atom. The predicted molar refractivity (Wildman–Crippen MR) is 116 cm³/mol. The summed E-state index contributed by atoms with van der Waals surface area (Å²) in [7, 11) is -3.91. The molecular weight excluding hydrogens is 360 g/mol. The minimum absolute atomic E-state index is 0.265. The largest absolute Gasteiger partial charge is 0.393 e. The second kappa shape index (κ2) is 17.9. The van der Waals surface area contributed by atoms with Crippen LogP contribution in [0.2, 0.25) is 0 Å². The summed E-state index contributed by atoms with van der Waals surface area (Å²) < 4.78 is 31.4. The van der Waals surface area contributed by atoms with Crippen molar-refractivity contribution in [2.24, 2.45) is 0 Å². The molecule has 0 amide bonds.